The van der Waals surface area contributed by atoms with Crippen molar-refractivity contribution >= 4 is 17.4 Å². The first kappa shape index (κ1) is 14.8. The number of nitrogens with two attached hydrogens (primary N) is 1. The predicted molar refractivity (Wildman–Crippen MR) is 85.7 cm³/mol. The second-order valence-electron chi connectivity index (χ2n) is 5.03. The smallest absolute Gasteiger partial charge is 0.136 e. The van der Waals surface area contributed by atoms with Crippen LogP contribution in [0.25, 0.3) is 0 Å². The quantitative estimate of drug-likeness (QED) is 0.656. The van der Waals surface area contributed by atoms with Crippen LogP contribution in [0.15, 0.2) is 47.4 Å². The summed E-state index contributed by atoms with van der Waals surface area (Å²) in [6.45, 7) is 0.878. The van der Waals surface area contributed by atoms with Crippen molar-refractivity contribution in [2.45, 2.75) is 11.4 Å². The highest BCUT2D eigenvalue weighted by atomic mass is 32.2. The summed E-state index contributed by atoms with van der Waals surface area (Å²) in [6.07, 6.45) is 2.06. The van der Waals surface area contributed by atoms with Crippen molar-refractivity contribution in [1.82, 2.24) is 0 Å². The highest BCUT2D eigenvalue weighted by Crippen LogP contribution is 2.28. The van der Waals surface area contributed by atoms with Crippen molar-refractivity contribution in [3.63, 3.8) is 0 Å². The monoisotopic (exact) mass is 289 g/mol. The number of nitrogens with one attached hydrogen (secondary N) is 1. The van der Waals surface area contributed by atoms with Crippen molar-refractivity contribution in [3.8, 4) is 11.5 Å². The lowest BCUT2D eigenvalue weighted by Crippen LogP contribution is -3.04. The number of nitrogen functional groups attached to an aromatic ring is 1. The molecule has 0 radical (unpaired) electrons. The predicted octanol–water partition coefficient (Wildman–Crippen LogP) is 2.43. The van der Waals surface area contributed by atoms with Gasteiger partial charge >= 0.3 is 0 Å². The van der Waals surface area contributed by atoms with E-state index in [0.29, 0.717) is 0 Å². The van der Waals surface area contributed by atoms with Crippen LogP contribution in [0.4, 0.5) is 5.69 Å². The van der Waals surface area contributed by atoms with Crippen LogP contribution in [0, 0.1) is 0 Å². The third-order valence-corrected chi connectivity index (χ3v) is 3.66. The van der Waals surface area contributed by atoms with Crippen molar-refractivity contribution in [2.75, 3.05) is 26.1 Å². The highest BCUT2D eigenvalue weighted by Gasteiger charge is 2.09. The summed E-state index contributed by atoms with van der Waals surface area (Å²) < 4.78 is 5.99. The lowest BCUT2D eigenvalue weighted by molar-refractivity contribution is -0.872. The van der Waals surface area contributed by atoms with E-state index in [9.17, 15) is 0 Å². The summed E-state index contributed by atoms with van der Waals surface area (Å²) in [5, 5.41) is 0. The fourth-order valence-corrected chi connectivity index (χ4v) is 2.40. The Labute approximate surface area is 124 Å². The van der Waals surface area contributed by atoms with Gasteiger partial charge in [0.25, 0.3) is 0 Å². The summed E-state index contributed by atoms with van der Waals surface area (Å²) in [5.74, 6) is 1.72. The molecule has 0 spiro atoms. The first-order valence-electron chi connectivity index (χ1n) is 6.58. The normalized spacial score (nSPS) is 10.8. The first-order valence-corrected chi connectivity index (χ1v) is 7.80. The van der Waals surface area contributed by atoms with Crippen LogP contribution in [0.1, 0.15) is 5.56 Å². The summed E-state index contributed by atoms with van der Waals surface area (Å²) in [7, 11) is 4.22. The number of benzene rings is 2. The van der Waals surface area contributed by atoms with Gasteiger partial charge in [0, 0.05) is 10.6 Å². The molecule has 0 saturated heterocycles. The molecule has 3 nitrogen and oxygen atoms in total. The molecular formula is C16H21N2OS+. The fraction of sp³-hybridized carbons (Fsp3) is 0.250. The van der Waals surface area contributed by atoms with E-state index in [1.807, 2.05) is 30.3 Å². The molecule has 0 aromatic heterocycles. The average molecular weight is 289 g/mol. The molecule has 20 heavy (non-hydrogen) atoms. The van der Waals surface area contributed by atoms with Crippen LogP contribution in [-0.2, 0) is 6.54 Å². The Morgan fingerprint density at radius 3 is 2.40 bits per heavy atom. The van der Waals surface area contributed by atoms with Gasteiger partial charge in [-0.15, -0.1) is 11.8 Å². The van der Waals surface area contributed by atoms with Gasteiger partial charge in [-0.05, 0) is 48.7 Å². The Morgan fingerprint density at radius 1 is 1.10 bits per heavy atom. The van der Waals surface area contributed by atoms with Crippen LogP contribution >= 0.6 is 11.8 Å². The van der Waals surface area contributed by atoms with E-state index < -0.39 is 0 Å². The number of quaternary nitrogens is 1. The van der Waals surface area contributed by atoms with Gasteiger partial charge in [0.05, 0.1) is 19.7 Å². The Bertz CT molecular complexity index is 567. The van der Waals surface area contributed by atoms with E-state index in [2.05, 4.69) is 32.5 Å². The van der Waals surface area contributed by atoms with Crippen LogP contribution in [-0.4, -0.2) is 20.4 Å². The van der Waals surface area contributed by atoms with Gasteiger partial charge in [0.1, 0.15) is 18.0 Å². The van der Waals surface area contributed by atoms with E-state index in [-0.39, 0.29) is 0 Å². The van der Waals surface area contributed by atoms with E-state index in [4.69, 9.17) is 10.5 Å². The molecule has 0 amide bonds. The molecule has 0 heterocycles. The molecule has 3 N–H and O–H groups in total. The molecule has 4 heteroatoms. The summed E-state index contributed by atoms with van der Waals surface area (Å²) in [5.41, 5.74) is 7.76. The largest absolute Gasteiger partial charge is 0.457 e. The molecule has 106 valence electrons. The number of rotatable bonds is 5. The first-order chi connectivity index (χ1) is 9.58. The van der Waals surface area contributed by atoms with Gasteiger partial charge in [-0.3, -0.25) is 0 Å². The maximum Gasteiger partial charge on any atom is 0.136 e. The van der Waals surface area contributed by atoms with Crippen LogP contribution < -0.4 is 15.4 Å². The lowest BCUT2D eigenvalue weighted by Gasteiger charge is -2.14. The van der Waals surface area contributed by atoms with Gasteiger partial charge in [0.2, 0.25) is 0 Å². The van der Waals surface area contributed by atoms with E-state index in [0.717, 1.165) is 29.3 Å². The van der Waals surface area contributed by atoms with Gasteiger partial charge in [-0.1, -0.05) is 0 Å². The summed E-state index contributed by atoms with van der Waals surface area (Å²) >= 11 is 1.72. The molecule has 0 unspecified atom stereocenters. The second kappa shape index (κ2) is 6.68. The molecule has 0 aliphatic carbocycles. The van der Waals surface area contributed by atoms with Gasteiger partial charge < -0.3 is 15.4 Å². The maximum atomic E-state index is 5.99. The van der Waals surface area contributed by atoms with E-state index >= 15 is 0 Å². The van der Waals surface area contributed by atoms with Crippen molar-refractivity contribution in [1.29, 1.82) is 0 Å². The van der Waals surface area contributed by atoms with Crippen molar-refractivity contribution in [2.24, 2.45) is 0 Å². The molecule has 2 rings (SSSR count). The van der Waals surface area contributed by atoms with Gasteiger partial charge in [-0.2, -0.15) is 0 Å². The number of thioether (sulfide) groups is 1. The third-order valence-electron chi connectivity index (χ3n) is 2.92. The van der Waals surface area contributed by atoms with E-state index in [1.165, 1.54) is 9.80 Å². The minimum Gasteiger partial charge on any atom is -0.457 e. The Hall–Kier alpha value is -1.65. The molecule has 0 bridgehead atoms. The molecular weight excluding hydrogens is 268 g/mol. The topological polar surface area (TPSA) is 39.7 Å². The molecule has 0 aliphatic heterocycles. The Balaban J connectivity index is 2.22. The number of hydrogen-bond donors (Lipinski definition) is 2. The molecule has 0 aliphatic rings. The number of anilines is 1. The molecule has 2 aromatic carbocycles. The second-order valence-corrected chi connectivity index (χ2v) is 5.91. The zero-order valence-corrected chi connectivity index (χ0v) is 13.0. The SMILES string of the molecule is CSc1ccc(Oc2ccc(N)cc2C[NH+](C)C)cc1. The van der Waals surface area contributed by atoms with Gasteiger partial charge in [0.15, 0.2) is 0 Å². The van der Waals surface area contributed by atoms with Crippen molar-refractivity contribution in [3.05, 3.63) is 48.0 Å². The highest BCUT2D eigenvalue weighted by molar-refractivity contribution is 7.98. The molecule has 2 aromatic rings. The third kappa shape index (κ3) is 3.92. The minimum absolute atomic E-state index is 0.770. The van der Waals surface area contributed by atoms with Crippen LogP contribution in [0.5, 0.6) is 11.5 Å². The Kier molecular flexibility index (Phi) is 4.93. The number of ether oxygens (including phenoxy) is 1. The minimum atomic E-state index is 0.770. The Morgan fingerprint density at radius 2 is 1.80 bits per heavy atom. The van der Waals surface area contributed by atoms with Crippen molar-refractivity contribution < 1.29 is 9.64 Å². The zero-order chi connectivity index (χ0) is 14.5. The van der Waals surface area contributed by atoms with E-state index in [1.54, 1.807) is 11.8 Å². The zero-order valence-electron chi connectivity index (χ0n) is 12.1. The lowest BCUT2D eigenvalue weighted by atomic mass is 10.1. The summed E-state index contributed by atoms with van der Waals surface area (Å²) in [6, 6.07) is 13.9. The molecule has 0 fully saturated rings. The van der Waals surface area contributed by atoms with Crippen LogP contribution in [0.2, 0.25) is 0 Å². The maximum absolute atomic E-state index is 5.99. The van der Waals surface area contributed by atoms with Gasteiger partial charge in [-0.25, -0.2) is 0 Å². The number of hydrogen-bond acceptors (Lipinski definition) is 3. The molecule has 0 saturated carbocycles. The average Bonchev–Trinajstić information content (AvgIpc) is 2.42. The molecule has 0 atom stereocenters. The fourth-order valence-electron chi connectivity index (χ4n) is 1.99. The standard InChI is InChI=1S/C16H20N2OS/c1-18(2)11-12-10-13(17)4-9-16(12)19-14-5-7-15(20-3)8-6-14/h4-10H,11,17H2,1-3H3/p+1. The van der Waals surface area contributed by atoms with Crippen LogP contribution in [0.3, 0.4) is 0 Å². The summed E-state index contributed by atoms with van der Waals surface area (Å²) in [4.78, 5) is 2.56.